The Balaban J connectivity index is 1.70. The van der Waals surface area contributed by atoms with Crippen molar-refractivity contribution in [2.75, 3.05) is 5.32 Å². The van der Waals surface area contributed by atoms with Gasteiger partial charge in [0.2, 0.25) is 0 Å². The van der Waals surface area contributed by atoms with Crippen LogP contribution in [0.5, 0.6) is 0 Å². The van der Waals surface area contributed by atoms with Crippen LogP contribution in [0.2, 0.25) is 0 Å². The second kappa shape index (κ2) is 10.9. The monoisotopic (exact) mass is 487 g/mol. The zero-order valence-corrected chi connectivity index (χ0v) is 19.0. The number of nitrogens with zero attached hydrogens (tertiary/aromatic N) is 3. The first-order valence-corrected chi connectivity index (χ1v) is 10.8. The van der Waals surface area contributed by atoms with Crippen molar-refractivity contribution in [2.45, 2.75) is 44.9 Å². The number of anilines is 1. The fourth-order valence-electron chi connectivity index (χ4n) is 3.22. The Bertz CT molecular complexity index is 1150. The van der Waals surface area contributed by atoms with Gasteiger partial charge < -0.3 is 15.7 Å². The molecule has 8 nitrogen and oxygen atoms in total. The molecule has 11 heteroatoms. The molecule has 0 radical (unpaired) electrons. The summed E-state index contributed by atoms with van der Waals surface area (Å²) in [6, 6.07) is 6.57. The minimum atomic E-state index is -4.41. The third kappa shape index (κ3) is 6.75. The topological polar surface area (TPSA) is 117 Å². The number of aromatic nitrogens is 3. The number of benzene rings is 1. The van der Waals surface area contributed by atoms with Gasteiger partial charge in [0.25, 0.3) is 5.91 Å². The molecule has 0 bridgehead atoms. The summed E-state index contributed by atoms with van der Waals surface area (Å²) >= 11 is 0. The summed E-state index contributed by atoms with van der Waals surface area (Å²) < 4.78 is 38.3. The van der Waals surface area contributed by atoms with Gasteiger partial charge in [-0.1, -0.05) is 25.5 Å². The molecule has 35 heavy (non-hydrogen) atoms. The Hall–Kier alpha value is -4.02. The molecule has 0 aliphatic rings. The van der Waals surface area contributed by atoms with Gasteiger partial charge in [-0.05, 0) is 37.6 Å². The van der Waals surface area contributed by atoms with Crippen molar-refractivity contribution >= 4 is 17.7 Å². The normalized spacial score (nSPS) is 13.1. The number of halogens is 3. The molecule has 2 unspecified atom stereocenters. The van der Waals surface area contributed by atoms with Gasteiger partial charge in [-0.2, -0.15) is 13.2 Å². The van der Waals surface area contributed by atoms with Gasteiger partial charge in [0.15, 0.2) is 5.82 Å². The van der Waals surface area contributed by atoms with Gasteiger partial charge in [-0.3, -0.25) is 9.59 Å². The van der Waals surface area contributed by atoms with Crippen molar-refractivity contribution in [3.8, 4) is 11.4 Å². The van der Waals surface area contributed by atoms with Crippen molar-refractivity contribution in [1.29, 1.82) is 0 Å². The number of pyridine rings is 1. The van der Waals surface area contributed by atoms with E-state index < -0.39 is 29.7 Å². The van der Waals surface area contributed by atoms with Gasteiger partial charge in [-0.25, -0.2) is 15.0 Å². The zero-order chi connectivity index (χ0) is 25.6. The van der Waals surface area contributed by atoms with Crippen LogP contribution in [0.3, 0.4) is 0 Å². The van der Waals surface area contributed by atoms with Gasteiger partial charge in [0.1, 0.15) is 11.9 Å². The first kappa shape index (κ1) is 25.6. The summed E-state index contributed by atoms with van der Waals surface area (Å²) in [6.45, 7) is 3.38. The number of alkyl halides is 3. The summed E-state index contributed by atoms with van der Waals surface area (Å²) in [7, 11) is 0. The fraction of sp³-hybridized carbons (Fsp3) is 0.292. The minimum Gasteiger partial charge on any atom is -0.480 e. The largest absolute Gasteiger partial charge is 0.480 e. The lowest BCUT2D eigenvalue weighted by molar-refractivity contribution is -0.139. The van der Waals surface area contributed by atoms with Crippen molar-refractivity contribution in [3.05, 3.63) is 71.7 Å². The van der Waals surface area contributed by atoms with Crippen molar-refractivity contribution in [2.24, 2.45) is 0 Å². The third-order valence-corrected chi connectivity index (χ3v) is 5.19. The zero-order valence-electron chi connectivity index (χ0n) is 19.0. The Morgan fingerprint density at radius 1 is 1.00 bits per heavy atom. The van der Waals surface area contributed by atoms with Gasteiger partial charge >= 0.3 is 12.1 Å². The maximum atomic E-state index is 12.8. The second-order valence-electron chi connectivity index (χ2n) is 7.87. The summed E-state index contributed by atoms with van der Waals surface area (Å²) in [5.41, 5.74) is 0.719. The molecule has 2 atom stereocenters. The number of carbonyl (C=O) groups excluding carboxylic acids is 1. The van der Waals surface area contributed by atoms with Crippen LogP contribution in [-0.4, -0.2) is 38.0 Å². The lowest BCUT2D eigenvalue weighted by Gasteiger charge is -2.19. The maximum Gasteiger partial charge on any atom is 0.416 e. The predicted molar refractivity (Wildman–Crippen MR) is 123 cm³/mol. The van der Waals surface area contributed by atoms with Crippen LogP contribution in [-0.2, 0) is 11.0 Å². The van der Waals surface area contributed by atoms with Crippen molar-refractivity contribution < 1.29 is 27.9 Å². The number of nitrogens with one attached hydrogen (secondary N) is 2. The van der Waals surface area contributed by atoms with E-state index in [0.29, 0.717) is 17.2 Å². The van der Waals surface area contributed by atoms with Crippen LogP contribution in [0, 0.1) is 0 Å². The van der Waals surface area contributed by atoms with Crippen LogP contribution in [0.25, 0.3) is 11.4 Å². The average Bonchev–Trinajstić information content (AvgIpc) is 2.84. The van der Waals surface area contributed by atoms with Crippen LogP contribution in [0.4, 0.5) is 19.0 Å². The quantitative estimate of drug-likeness (QED) is 0.400. The molecule has 0 saturated heterocycles. The molecule has 1 amide bonds. The van der Waals surface area contributed by atoms with E-state index in [-0.39, 0.29) is 11.6 Å². The summed E-state index contributed by atoms with van der Waals surface area (Å²) in [5.74, 6) is -0.880. The molecule has 3 aromatic rings. The number of carbonyl (C=O) groups is 2. The lowest BCUT2D eigenvalue weighted by Crippen LogP contribution is -2.38. The molecule has 3 rings (SSSR count). The number of rotatable bonds is 9. The average molecular weight is 487 g/mol. The highest BCUT2D eigenvalue weighted by atomic mass is 19.4. The molecule has 3 N–H and O–H groups in total. The highest BCUT2D eigenvalue weighted by Gasteiger charge is 2.30. The van der Waals surface area contributed by atoms with Crippen LogP contribution >= 0.6 is 0 Å². The summed E-state index contributed by atoms with van der Waals surface area (Å²) in [4.78, 5) is 35.9. The number of hydrogen-bond acceptors (Lipinski definition) is 6. The van der Waals surface area contributed by atoms with Crippen molar-refractivity contribution in [1.82, 2.24) is 20.3 Å². The number of amides is 1. The van der Waals surface area contributed by atoms with E-state index >= 15 is 0 Å². The highest BCUT2D eigenvalue weighted by Crippen LogP contribution is 2.30. The Labute approximate surface area is 199 Å². The molecule has 1 aromatic carbocycles. The first-order valence-electron chi connectivity index (χ1n) is 10.8. The standard InChI is InChI=1S/C24H24F3N5O3/c1-3-4-19(32-20-10-7-16(11-28-20)22(33)31-14(2)23(34)35)17-12-29-21(30-13-17)15-5-8-18(9-6-15)24(25,26)27/h5-14,19H,3-4H2,1-2H3,(H,28,32)(H,31,33)(H,34,35). The molecule has 0 aliphatic carbocycles. The van der Waals surface area contributed by atoms with Crippen LogP contribution in [0.15, 0.2) is 55.0 Å². The molecule has 184 valence electrons. The van der Waals surface area contributed by atoms with E-state index in [0.717, 1.165) is 30.5 Å². The fourth-order valence-corrected chi connectivity index (χ4v) is 3.22. The Morgan fingerprint density at radius 3 is 2.17 bits per heavy atom. The number of carboxylic acid groups (broad SMARTS) is 1. The predicted octanol–water partition coefficient (Wildman–Crippen LogP) is 4.71. The molecule has 0 spiro atoms. The third-order valence-electron chi connectivity index (χ3n) is 5.19. The SMILES string of the molecule is CCCC(Nc1ccc(C(=O)NC(C)C(=O)O)cn1)c1cnc(-c2ccc(C(F)(F)F)cc2)nc1. The van der Waals surface area contributed by atoms with Gasteiger partial charge in [0.05, 0.1) is 17.2 Å². The van der Waals surface area contributed by atoms with E-state index in [4.69, 9.17) is 5.11 Å². The molecule has 0 saturated carbocycles. The van der Waals surface area contributed by atoms with Gasteiger partial charge in [-0.15, -0.1) is 0 Å². The number of aliphatic carboxylic acids is 1. The number of hydrogen-bond donors (Lipinski definition) is 3. The number of carboxylic acids is 1. The highest BCUT2D eigenvalue weighted by molar-refractivity contribution is 5.96. The minimum absolute atomic E-state index is 0.194. The Morgan fingerprint density at radius 2 is 1.66 bits per heavy atom. The first-order chi connectivity index (χ1) is 16.6. The van der Waals surface area contributed by atoms with E-state index in [2.05, 4.69) is 25.6 Å². The smallest absolute Gasteiger partial charge is 0.416 e. The van der Waals surface area contributed by atoms with E-state index in [1.165, 1.54) is 31.3 Å². The van der Waals surface area contributed by atoms with E-state index in [1.54, 1.807) is 18.5 Å². The molecular weight excluding hydrogens is 463 g/mol. The summed E-state index contributed by atoms with van der Waals surface area (Å²) in [6.07, 6.45) is 1.73. The molecule has 2 aromatic heterocycles. The molecular formula is C24H24F3N5O3. The molecule has 0 aliphatic heterocycles. The summed E-state index contributed by atoms with van der Waals surface area (Å²) in [5, 5.41) is 14.5. The lowest BCUT2D eigenvalue weighted by atomic mass is 10.1. The molecule has 2 heterocycles. The van der Waals surface area contributed by atoms with Crippen LogP contribution in [0.1, 0.15) is 54.2 Å². The van der Waals surface area contributed by atoms with Crippen molar-refractivity contribution in [3.63, 3.8) is 0 Å². The maximum absolute atomic E-state index is 12.8. The molecule has 0 fully saturated rings. The van der Waals surface area contributed by atoms with Crippen LogP contribution < -0.4 is 10.6 Å². The second-order valence-corrected chi connectivity index (χ2v) is 7.87. The van der Waals surface area contributed by atoms with E-state index in [9.17, 15) is 22.8 Å². The Kier molecular flexibility index (Phi) is 8.00. The van der Waals surface area contributed by atoms with Gasteiger partial charge in [0, 0.05) is 29.7 Å². The van der Waals surface area contributed by atoms with E-state index in [1.807, 2.05) is 6.92 Å².